The van der Waals surface area contributed by atoms with Crippen LogP contribution in [0.25, 0.3) is 0 Å². The first kappa shape index (κ1) is 13.6. The van der Waals surface area contributed by atoms with Crippen molar-refractivity contribution in [1.29, 1.82) is 0 Å². The Labute approximate surface area is 111 Å². The van der Waals surface area contributed by atoms with E-state index in [4.69, 9.17) is 15.4 Å². The molecule has 6 nitrogen and oxygen atoms in total. The van der Waals surface area contributed by atoms with Crippen molar-refractivity contribution in [2.45, 2.75) is 19.3 Å². The molecule has 0 radical (unpaired) electrons. The highest BCUT2D eigenvalue weighted by molar-refractivity contribution is 5.75. The minimum Gasteiger partial charge on any atom is -0.454 e. The lowest BCUT2D eigenvalue weighted by Gasteiger charge is -2.06. The number of hydrogen-bond acceptors (Lipinski definition) is 5. The lowest BCUT2D eigenvalue weighted by Crippen LogP contribution is -2.25. The molecule has 1 aliphatic rings. The number of nitrogens with two attached hydrogens (primary N) is 1. The van der Waals surface area contributed by atoms with Crippen molar-refractivity contribution >= 4 is 5.91 Å². The van der Waals surface area contributed by atoms with Crippen molar-refractivity contribution < 1.29 is 19.1 Å². The predicted molar refractivity (Wildman–Crippen MR) is 68.7 cm³/mol. The van der Waals surface area contributed by atoms with Gasteiger partial charge in [0, 0.05) is 13.0 Å². The van der Waals surface area contributed by atoms with Crippen molar-refractivity contribution in [2.24, 2.45) is 5.90 Å². The molecule has 2 rings (SSSR count). The summed E-state index contributed by atoms with van der Waals surface area (Å²) in [6.07, 6.45) is 1.82. The van der Waals surface area contributed by atoms with Crippen LogP contribution < -0.4 is 20.7 Å². The molecule has 1 aromatic rings. The van der Waals surface area contributed by atoms with E-state index in [1.807, 2.05) is 18.2 Å². The summed E-state index contributed by atoms with van der Waals surface area (Å²) in [5, 5.41) is 2.85. The molecule has 0 fully saturated rings. The topological polar surface area (TPSA) is 82.8 Å². The molecule has 0 spiro atoms. The zero-order chi connectivity index (χ0) is 13.5. The molecule has 0 aromatic heterocycles. The summed E-state index contributed by atoms with van der Waals surface area (Å²) in [4.78, 5) is 15.8. The van der Waals surface area contributed by atoms with Crippen LogP contribution in [0.5, 0.6) is 11.5 Å². The van der Waals surface area contributed by atoms with Crippen LogP contribution in [0.2, 0.25) is 0 Å². The molecule has 3 N–H and O–H groups in total. The monoisotopic (exact) mass is 266 g/mol. The number of fused-ring (bicyclic) bond motifs is 1. The molecular formula is C13H18N2O4. The quantitative estimate of drug-likeness (QED) is 0.562. The van der Waals surface area contributed by atoms with E-state index in [0.717, 1.165) is 23.5 Å². The Morgan fingerprint density at radius 1 is 1.37 bits per heavy atom. The third-order valence-corrected chi connectivity index (χ3v) is 2.84. The largest absolute Gasteiger partial charge is 0.454 e. The van der Waals surface area contributed by atoms with Crippen molar-refractivity contribution in [3.05, 3.63) is 23.8 Å². The molecule has 0 unspecified atom stereocenters. The van der Waals surface area contributed by atoms with E-state index in [2.05, 4.69) is 10.2 Å². The van der Waals surface area contributed by atoms with E-state index in [-0.39, 0.29) is 12.7 Å². The molecule has 1 aromatic carbocycles. The van der Waals surface area contributed by atoms with Gasteiger partial charge in [-0.15, -0.1) is 0 Å². The van der Waals surface area contributed by atoms with Crippen LogP contribution >= 0.6 is 0 Å². The van der Waals surface area contributed by atoms with Gasteiger partial charge in [-0.25, -0.2) is 5.90 Å². The van der Waals surface area contributed by atoms with Gasteiger partial charge in [0.1, 0.15) is 0 Å². The highest BCUT2D eigenvalue weighted by atomic mass is 16.7. The highest BCUT2D eigenvalue weighted by Gasteiger charge is 2.12. The minimum atomic E-state index is 0.0118. The predicted octanol–water partition coefficient (Wildman–Crippen LogP) is 0.744. The molecule has 1 amide bonds. The lowest BCUT2D eigenvalue weighted by molar-refractivity contribution is -0.121. The maximum absolute atomic E-state index is 11.4. The van der Waals surface area contributed by atoms with Gasteiger partial charge in [0.15, 0.2) is 11.5 Å². The van der Waals surface area contributed by atoms with Gasteiger partial charge in [-0.3, -0.25) is 4.79 Å². The first-order chi connectivity index (χ1) is 9.29. The molecule has 0 aliphatic carbocycles. The first-order valence-corrected chi connectivity index (χ1v) is 6.26. The Morgan fingerprint density at radius 3 is 3.05 bits per heavy atom. The van der Waals surface area contributed by atoms with E-state index in [0.29, 0.717) is 26.0 Å². The maximum atomic E-state index is 11.4. The van der Waals surface area contributed by atoms with Gasteiger partial charge >= 0.3 is 0 Å². The van der Waals surface area contributed by atoms with Crippen LogP contribution in [-0.2, 0) is 16.1 Å². The van der Waals surface area contributed by atoms with Gasteiger partial charge in [-0.05, 0) is 30.5 Å². The van der Waals surface area contributed by atoms with Crippen molar-refractivity contribution in [3.63, 3.8) is 0 Å². The molecule has 0 bridgehead atoms. The summed E-state index contributed by atoms with van der Waals surface area (Å²) < 4.78 is 10.5. The summed E-state index contributed by atoms with van der Waals surface area (Å²) >= 11 is 0. The van der Waals surface area contributed by atoms with Gasteiger partial charge < -0.3 is 19.6 Å². The molecule has 1 aliphatic heterocycles. The van der Waals surface area contributed by atoms with E-state index in [1.165, 1.54) is 0 Å². The van der Waals surface area contributed by atoms with E-state index in [9.17, 15) is 4.79 Å². The summed E-state index contributed by atoms with van der Waals surface area (Å²) in [5.74, 6) is 6.43. The number of nitrogens with one attached hydrogen (secondary N) is 1. The van der Waals surface area contributed by atoms with Gasteiger partial charge in [0.25, 0.3) is 0 Å². The highest BCUT2D eigenvalue weighted by Crippen LogP contribution is 2.32. The Bertz CT molecular complexity index is 437. The van der Waals surface area contributed by atoms with Gasteiger partial charge in [-0.2, -0.15) is 0 Å². The van der Waals surface area contributed by atoms with E-state index in [1.54, 1.807) is 0 Å². The second-order valence-electron chi connectivity index (χ2n) is 4.26. The second kappa shape index (κ2) is 6.96. The zero-order valence-corrected chi connectivity index (χ0v) is 10.7. The Hall–Kier alpha value is -1.79. The van der Waals surface area contributed by atoms with Crippen molar-refractivity contribution in [3.8, 4) is 11.5 Å². The van der Waals surface area contributed by atoms with Crippen molar-refractivity contribution in [1.82, 2.24) is 5.32 Å². The van der Waals surface area contributed by atoms with Gasteiger partial charge in [0.2, 0.25) is 12.7 Å². The number of carbonyl (C=O) groups is 1. The Balaban J connectivity index is 1.69. The molecule has 19 heavy (non-hydrogen) atoms. The Kier molecular flexibility index (Phi) is 5.00. The van der Waals surface area contributed by atoms with E-state index >= 15 is 0 Å². The molecule has 0 saturated heterocycles. The lowest BCUT2D eigenvalue weighted by atomic mass is 10.1. The molecule has 1 heterocycles. The first-order valence-electron chi connectivity index (χ1n) is 6.26. The summed E-state index contributed by atoms with van der Waals surface area (Å²) in [7, 11) is 0. The second-order valence-corrected chi connectivity index (χ2v) is 4.26. The molecule has 104 valence electrons. The van der Waals surface area contributed by atoms with Crippen LogP contribution in [0.15, 0.2) is 18.2 Å². The fourth-order valence-electron chi connectivity index (χ4n) is 1.85. The summed E-state index contributed by atoms with van der Waals surface area (Å²) in [5.41, 5.74) is 1.11. The average molecular weight is 266 g/mol. The standard InChI is InChI=1S/C13H18N2O4/c14-19-7-1-2-13(16)15-6-5-10-3-4-11-12(8-10)18-9-17-11/h3-4,8H,1-2,5-7,9,14H2,(H,15,16). The van der Waals surface area contributed by atoms with Gasteiger partial charge in [0.05, 0.1) is 6.61 Å². The van der Waals surface area contributed by atoms with Crippen LogP contribution in [0.1, 0.15) is 18.4 Å². The fourth-order valence-corrected chi connectivity index (χ4v) is 1.85. The number of hydrogen-bond donors (Lipinski definition) is 2. The zero-order valence-electron chi connectivity index (χ0n) is 10.7. The fraction of sp³-hybridized carbons (Fsp3) is 0.462. The number of ether oxygens (including phenoxy) is 2. The van der Waals surface area contributed by atoms with E-state index < -0.39 is 0 Å². The van der Waals surface area contributed by atoms with Crippen molar-refractivity contribution in [2.75, 3.05) is 19.9 Å². The average Bonchev–Trinajstić information content (AvgIpc) is 2.86. The molecule has 0 atom stereocenters. The van der Waals surface area contributed by atoms with Crippen LogP contribution in [0.4, 0.5) is 0 Å². The van der Waals surface area contributed by atoms with Crippen LogP contribution in [0, 0.1) is 0 Å². The third kappa shape index (κ3) is 4.11. The minimum absolute atomic E-state index is 0.0118. The molecule has 0 saturated carbocycles. The summed E-state index contributed by atoms with van der Waals surface area (Å²) in [6.45, 7) is 1.27. The SMILES string of the molecule is NOCCCC(=O)NCCc1ccc2c(c1)OCO2. The number of amides is 1. The number of rotatable bonds is 7. The molecular weight excluding hydrogens is 248 g/mol. The third-order valence-electron chi connectivity index (χ3n) is 2.84. The molecule has 6 heteroatoms. The number of carbonyl (C=O) groups excluding carboxylic acids is 1. The normalized spacial score (nSPS) is 12.5. The smallest absolute Gasteiger partial charge is 0.231 e. The van der Waals surface area contributed by atoms with Crippen LogP contribution in [-0.4, -0.2) is 25.9 Å². The number of benzene rings is 1. The van der Waals surface area contributed by atoms with Crippen LogP contribution in [0.3, 0.4) is 0 Å². The summed E-state index contributed by atoms with van der Waals surface area (Å²) in [6, 6.07) is 5.80. The maximum Gasteiger partial charge on any atom is 0.231 e. The van der Waals surface area contributed by atoms with Gasteiger partial charge in [-0.1, -0.05) is 6.07 Å². The Morgan fingerprint density at radius 2 is 2.21 bits per heavy atom.